The van der Waals surface area contributed by atoms with Crippen LogP contribution in [0.15, 0.2) is 0 Å². The molecule has 0 spiro atoms. The summed E-state index contributed by atoms with van der Waals surface area (Å²) >= 11 is 0. The van der Waals surface area contributed by atoms with Crippen LogP contribution < -0.4 is 0 Å². The predicted molar refractivity (Wildman–Crippen MR) is 36.3 cm³/mol. The molecule has 1 rings (SSSR count). The zero-order valence-electron chi connectivity index (χ0n) is 3.33. The summed E-state index contributed by atoms with van der Waals surface area (Å²) < 4.78 is 0. The van der Waals surface area contributed by atoms with E-state index in [1.54, 1.807) is 15.4 Å². The molecule has 1 heterocycles. The fraction of sp³-hybridized carbons (Fsp3) is 0.667. The van der Waals surface area contributed by atoms with Crippen LogP contribution in [0.25, 0.3) is 0 Å². The van der Waals surface area contributed by atoms with Gasteiger partial charge in [0.05, 0.1) is 0 Å². The van der Waals surface area contributed by atoms with Crippen LogP contribution in [0.3, 0.4) is 0 Å². The molecule has 32 valence electrons. The number of hydrogen-bond donors (Lipinski definition) is 0. The summed E-state index contributed by atoms with van der Waals surface area (Å²) in [4.78, 5) is 0. The van der Waals surface area contributed by atoms with E-state index in [0.29, 0.717) is 0 Å². The second-order valence-corrected chi connectivity index (χ2v) is 6.23. The van der Waals surface area contributed by atoms with Crippen molar-refractivity contribution in [3.05, 3.63) is 0 Å². The van der Waals surface area contributed by atoms with Crippen LogP contribution in [0, 0.1) is 0 Å². The molecule has 0 aromatic rings. The summed E-state index contributed by atoms with van der Waals surface area (Å²) in [5.74, 6) is 2.35. The Balaban J connectivity index is 2.46. The van der Waals surface area contributed by atoms with Crippen molar-refractivity contribution in [1.82, 2.24) is 0 Å². The lowest BCUT2D eigenvalue weighted by molar-refractivity contribution is 1.38. The molecule has 1 aliphatic rings. The molecule has 0 aliphatic carbocycles. The van der Waals surface area contributed by atoms with Crippen molar-refractivity contribution in [2.75, 3.05) is 6.16 Å². The van der Waals surface area contributed by atoms with Gasteiger partial charge >= 0.3 is 0 Å². The highest BCUT2D eigenvalue weighted by Gasteiger charge is 1.80. The molecule has 0 aromatic carbocycles. The minimum absolute atomic E-state index is 1.34. The highest BCUT2D eigenvalue weighted by molar-refractivity contribution is 8.24. The summed E-state index contributed by atoms with van der Waals surface area (Å²) in [6.45, 7) is 0. The molecule has 0 saturated carbocycles. The molecule has 0 unspecified atom stereocenters. The smallest absolute Gasteiger partial charge is 0.00213 e. The Kier molecular flexibility index (Phi) is 2.35. The summed E-state index contributed by atoms with van der Waals surface area (Å²) in [5.41, 5.74) is 0. The molecule has 6 heavy (non-hydrogen) atoms. The van der Waals surface area contributed by atoms with Crippen LogP contribution in [-0.4, -0.2) is 12.0 Å². The van der Waals surface area contributed by atoms with Gasteiger partial charge < -0.3 is 0 Å². The predicted octanol–water partition coefficient (Wildman–Crippen LogP) is 2.86. The monoisotopic (exact) mass is 134 g/mol. The largest absolute Gasteiger partial charge is 0.0661 e. The second-order valence-electron chi connectivity index (χ2n) is 1.04. The van der Waals surface area contributed by atoms with E-state index in [4.69, 9.17) is 0 Å². The number of rotatable bonds is 0. The molecule has 0 aromatic heterocycles. The Morgan fingerprint density at radius 3 is 2.67 bits per heavy atom. The Morgan fingerprint density at radius 2 is 2.50 bits per heavy atom. The molecular weight excluding hydrogens is 129 g/mol. The Labute approximate surface area is 42.5 Å². The summed E-state index contributed by atoms with van der Waals surface area (Å²) in [5, 5.41) is 0. The molecule has 0 amide bonds. The lowest BCUT2D eigenvalue weighted by Crippen LogP contribution is -1.70. The van der Waals surface area contributed by atoms with Crippen molar-refractivity contribution in [3.8, 4) is 0 Å². The van der Waals surface area contributed by atoms with Crippen molar-refractivity contribution in [2.24, 2.45) is 0 Å². The summed E-state index contributed by atoms with van der Waals surface area (Å²) in [6.07, 6.45) is 2.74. The normalized spacial score (nSPS) is 26.7. The molecule has 0 radical (unpaired) electrons. The molecule has 0 atom stereocenters. The lowest BCUT2D eigenvalue weighted by atomic mass is 10.6. The summed E-state index contributed by atoms with van der Waals surface area (Å²) in [6, 6.07) is 0. The SMILES string of the molecule is C1=PP=PCC1. The fourth-order valence-corrected chi connectivity index (χ4v) is 4.74. The second kappa shape index (κ2) is 2.86. The van der Waals surface area contributed by atoms with Crippen molar-refractivity contribution < 1.29 is 0 Å². The van der Waals surface area contributed by atoms with Crippen molar-refractivity contribution in [1.29, 1.82) is 0 Å². The first-order valence-electron chi connectivity index (χ1n) is 1.88. The van der Waals surface area contributed by atoms with E-state index in [1.807, 2.05) is 0 Å². The quantitative estimate of drug-likeness (QED) is 0.447. The minimum Gasteiger partial charge on any atom is -0.0661 e. The summed E-state index contributed by atoms with van der Waals surface area (Å²) in [7, 11) is 4.75. The first-order chi connectivity index (χ1) is 3.00. The zero-order valence-corrected chi connectivity index (χ0v) is 6.02. The van der Waals surface area contributed by atoms with Gasteiger partial charge in [0, 0.05) is 0 Å². The molecule has 1 aliphatic heterocycles. The van der Waals surface area contributed by atoms with E-state index in [0.717, 1.165) is 0 Å². The minimum atomic E-state index is 1.34. The van der Waals surface area contributed by atoms with Gasteiger partial charge in [0.25, 0.3) is 0 Å². The van der Waals surface area contributed by atoms with E-state index in [1.165, 1.54) is 20.5 Å². The van der Waals surface area contributed by atoms with Gasteiger partial charge in [-0.1, -0.05) is 13.7 Å². The highest BCUT2D eigenvalue weighted by atomic mass is 32.2. The topological polar surface area (TPSA) is 0 Å². The highest BCUT2D eigenvalue weighted by Crippen LogP contribution is 2.32. The van der Waals surface area contributed by atoms with Crippen molar-refractivity contribution >= 4 is 29.1 Å². The zero-order chi connectivity index (χ0) is 4.24. The van der Waals surface area contributed by atoms with Crippen LogP contribution in [0.4, 0.5) is 0 Å². The standard InChI is InChI=1S/C3H5P3/c1-2-4-6-5-3-1/h2H,1,3H2. The van der Waals surface area contributed by atoms with Gasteiger partial charge in [-0.2, -0.15) is 0 Å². The maximum atomic E-state index is 2.35. The third kappa shape index (κ3) is 1.48. The van der Waals surface area contributed by atoms with E-state index >= 15 is 0 Å². The van der Waals surface area contributed by atoms with Gasteiger partial charge in [0.15, 0.2) is 0 Å². The van der Waals surface area contributed by atoms with Gasteiger partial charge in [0.2, 0.25) is 0 Å². The van der Waals surface area contributed by atoms with Crippen molar-refractivity contribution in [2.45, 2.75) is 6.42 Å². The Morgan fingerprint density at radius 1 is 1.50 bits per heavy atom. The first-order valence-corrected chi connectivity index (χ1v) is 6.23. The lowest BCUT2D eigenvalue weighted by Gasteiger charge is -1.85. The third-order valence-corrected chi connectivity index (χ3v) is 5.51. The maximum absolute atomic E-state index is 2.35. The third-order valence-electron chi connectivity index (χ3n) is 0.555. The van der Waals surface area contributed by atoms with Gasteiger partial charge in [0.1, 0.15) is 0 Å². The number of hydrogen-bond acceptors (Lipinski definition) is 0. The molecule has 3 heteroatoms. The average molecular weight is 134 g/mol. The van der Waals surface area contributed by atoms with E-state index in [9.17, 15) is 0 Å². The Bertz CT molecular complexity index is 72.0. The van der Waals surface area contributed by atoms with E-state index < -0.39 is 0 Å². The van der Waals surface area contributed by atoms with Gasteiger partial charge in [-0.05, 0) is 28.0 Å². The molecule has 0 nitrogen and oxygen atoms in total. The van der Waals surface area contributed by atoms with Crippen LogP contribution >= 0.6 is 23.3 Å². The Hall–Kier alpha value is 0.770. The molecule has 0 saturated heterocycles. The van der Waals surface area contributed by atoms with Crippen LogP contribution in [0.2, 0.25) is 0 Å². The molecular formula is C3H5P3. The fourth-order valence-electron chi connectivity index (χ4n) is 0.291. The van der Waals surface area contributed by atoms with Crippen LogP contribution in [-0.2, 0) is 0 Å². The van der Waals surface area contributed by atoms with Gasteiger partial charge in [-0.15, -0.1) is 0 Å². The van der Waals surface area contributed by atoms with Crippen molar-refractivity contribution in [3.63, 3.8) is 0 Å². The molecule has 0 fully saturated rings. The molecule has 0 bridgehead atoms. The van der Waals surface area contributed by atoms with E-state index in [-0.39, 0.29) is 0 Å². The van der Waals surface area contributed by atoms with Gasteiger partial charge in [-0.3, -0.25) is 0 Å². The van der Waals surface area contributed by atoms with Gasteiger partial charge in [-0.25, -0.2) is 0 Å². The van der Waals surface area contributed by atoms with Crippen LogP contribution in [0.1, 0.15) is 6.42 Å². The average Bonchev–Trinajstić information content (AvgIpc) is 1.72. The molecule has 0 N–H and O–H groups in total. The van der Waals surface area contributed by atoms with E-state index in [2.05, 4.69) is 5.80 Å². The van der Waals surface area contributed by atoms with Crippen LogP contribution in [0.5, 0.6) is 0 Å². The first kappa shape index (κ1) is 4.92. The maximum Gasteiger partial charge on any atom is -0.00213 e.